The number of benzene rings is 1. The topological polar surface area (TPSA) is 49.4 Å². The van der Waals surface area contributed by atoms with Gasteiger partial charge in [-0.1, -0.05) is 17.9 Å². The highest BCUT2D eigenvalue weighted by atomic mass is 32.2. The Balaban J connectivity index is 2.85. The monoisotopic (exact) mass is 209 g/mol. The molecule has 1 aromatic carbocycles. The molecule has 1 rings (SSSR count). The SMILES string of the molecule is COCC#Cc1cccc(S(=O)[O-])c1. The van der Waals surface area contributed by atoms with Crippen LogP contribution in [0.3, 0.4) is 0 Å². The summed E-state index contributed by atoms with van der Waals surface area (Å²) < 4.78 is 26.0. The van der Waals surface area contributed by atoms with Crippen molar-refractivity contribution in [3.63, 3.8) is 0 Å². The molecular weight excluding hydrogens is 200 g/mol. The molecular formula is C10H9O3S-. The Kier molecular flexibility index (Phi) is 4.33. The van der Waals surface area contributed by atoms with Gasteiger partial charge in [0, 0.05) is 17.6 Å². The minimum atomic E-state index is -2.20. The lowest BCUT2D eigenvalue weighted by molar-refractivity contribution is 0.240. The van der Waals surface area contributed by atoms with Gasteiger partial charge < -0.3 is 9.29 Å². The Morgan fingerprint density at radius 2 is 2.36 bits per heavy atom. The highest BCUT2D eigenvalue weighted by Gasteiger charge is 1.92. The average Bonchev–Trinajstić information content (AvgIpc) is 2.19. The molecule has 1 atom stereocenters. The van der Waals surface area contributed by atoms with Gasteiger partial charge in [-0.3, -0.25) is 4.21 Å². The van der Waals surface area contributed by atoms with Crippen LogP contribution >= 0.6 is 0 Å². The van der Waals surface area contributed by atoms with E-state index in [-0.39, 0.29) is 4.90 Å². The van der Waals surface area contributed by atoms with Crippen LogP contribution in [-0.4, -0.2) is 22.5 Å². The number of methoxy groups -OCH3 is 1. The molecule has 3 nitrogen and oxygen atoms in total. The second kappa shape index (κ2) is 5.55. The van der Waals surface area contributed by atoms with Gasteiger partial charge in [-0.25, -0.2) is 0 Å². The maximum Gasteiger partial charge on any atom is 0.107 e. The Hall–Kier alpha value is -1.15. The first kappa shape index (κ1) is 10.9. The van der Waals surface area contributed by atoms with E-state index < -0.39 is 11.1 Å². The molecule has 0 bridgehead atoms. The lowest BCUT2D eigenvalue weighted by Gasteiger charge is -2.03. The maximum atomic E-state index is 10.6. The molecule has 1 aromatic rings. The molecule has 0 aliphatic carbocycles. The summed E-state index contributed by atoms with van der Waals surface area (Å²) >= 11 is -2.20. The second-order valence-electron chi connectivity index (χ2n) is 2.50. The zero-order chi connectivity index (χ0) is 10.4. The first-order chi connectivity index (χ1) is 6.74. The minimum Gasteiger partial charge on any atom is -0.768 e. The third kappa shape index (κ3) is 3.30. The maximum absolute atomic E-state index is 10.6. The third-order valence-corrected chi connectivity index (χ3v) is 2.11. The van der Waals surface area contributed by atoms with Gasteiger partial charge >= 0.3 is 0 Å². The van der Waals surface area contributed by atoms with Crippen LogP contribution in [0.15, 0.2) is 29.2 Å². The standard InChI is InChI=1S/C10H10O3S/c1-13-7-3-5-9-4-2-6-10(8-9)14(11)12/h2,4,6,8H,7H2,1H3,(H,11,12)/p-1. The summed E-state index contributed by atoms with van der Waals surface area (Å²) in [5.74, 6) is 5.54. The minimum absolute atomic E-state index is 0.245. The predicted octanol–water partition coefficient (Wildman–Crippen LogP) is 0.922. The lowest BCUT2D eigenvalue weighted by atomic mass is 10.2. The second-order valence-corrected chi connectivity index (χ2v) is 3.44. The molecule has 0 N–H and O–H groups in total. The summed E-state index contributed by atoms with van der Waals surface area (Å²) in [6.45, 7) is 0.338. The van der Waals surface area contributed by atoms with Crippen molar-refractivity contribution in [1.82, 2.24) is 0 Å². The number of hydrogen-bond acceptors (Lipinski definition) is 3. The zero-order valence-electron chi connectivity index (χ0n) is 7.65. The first-order valence-corrected chi connectivity index (χ1v) is 4.98. The van der Waals surface area contributed by atoms with E-state index >= 15 is 0 Å². The van der Waals surface area contributed by atoms with E-state index in [0.717, 1.165) is 0 Å². The van der Waals surface area contributed by atoms with E-state index in [4.69, 9.17) is 4.74 Å². The molecule has 0 fully saturated rings. The van der Waals surface area contributed by atoms with Crippen LogP contribution in [-0.2, 0) is 15.8 Å². The van der Waals surface area contributed by atoms with Crippen molar-refractivity contribution in [1.29, 1.82) is 0 Å². The van der Waals surface area contributed by atoms with Crippen molar-refractivity contribution >= 4 is 11.1 Å². The van der Waals surface area contributed by atoms with E-state index in [0.29, 0.717) is 12.2 Å². The first-order valence-electron chi connectivity index (χ1n) is 3.91. The van der Waals surface area contributed by atoms with Gasteiger partial charge in [-0.2, -0.15) is 0 Å². The largest absolute Gasteiger partial charge is 0.768 e. The molecule has 0 aromatic heterocycles. The number of rotatable bonds is 2. The van der Waals surface area contributed by atoms with E-state index in [9.17, 15) is 8.76 Å². The van der Waals surface area contributed by atoms with Crippen LogP contribution in [0.1, 0.15) is 5.56 Å². The van der Waals surface area contributed by atoms with Crippen molar-refractivity contribution in [2.45, 2.75) is 4.90 Å². The highest BCUT2D eigenvalue weighted by molar-refractivity contribution is 7.79. The molecule has 14 heavy (non-hydrogen) atoms. The molecule has 0 radical (unpaired) electrons. The molecule has 0 saturated heterocycles. The zero-order valence-corrected chi connectivity index (χ0v) is 8.47. The van der Waals surface area contributed by atoms with Crippen molar-refractivity contribution in [3.8, 4) is 11.8 Å². The highest BCUT2D eigenvalue weighted by Crippen LogP contribution is 2.06. The van der Waals surface area contributed by atoms with Crippen molar-refractivity contribution in [2.75, 3.05) is 13.7 Å². The molecule has 0 amide bonds. The van der Waals surface area contributed by atoms with Crippen LogP contribution in [0.2, 0.25) is 0 Å². The summed E-state index contributed by atoms with van der Waals surface area (Å²) in [4.78, 5) is 0.245. The summed E-state index contributed by atoms with van der Waals surface area (Å²) in [6.07, 6.45) is 0. The fourth-order valence-corrected chi connectivity index (χ4v) is 1.30. The lowest BCUT2D eigenvalue weighted by Crippen LogP contribution is -1.89. The Morgan fingerprint density at radius 3 is 3.00 bits per heavy atom. The van der Waals surface area contributed by atoms with Gasteiger partial charge in [-0.05, 0) is 29.3 Å². The van der Waals surface area contributed by atoms with Gasteiger partial charge in [0.25, 0.3) is 0 Å². The fourth-order valence-electron chi connectivity index (χ4n) is 0.888. The normalized spacial score (nSPS) is 11.6. The van der Waals surface area contributed by atoms with E-state index in [2.05, 4.69) is 11.8 Å². The molecule has 74 valence electrons. The third-order valence-electron chi connectivity index (χ3n) is 1.48. The predicted molar refractivity (Wildman–Crippen MR) is 52.4 cm³/mol. The molecule has 4 heteroatoms. The molecule has 0 aliphatic heterocycles. The van der Waals surface area contributed by atoms with E-state index in [1.165, 1.54) is 12.1 Å². The Labute approximate surface area is 85.4 Å². The van der Waals surface area contributed by atoms with E-state index in [1.807, 2.05) is 0 Å². The van der Waals surface area contributed by atoms with Crippen molar-refractivity contribution in [2.24, 2.45) is 0 Å². The van der Waals surface area contributed by atoms with Crippen LogP contribution in [0, 0.1) is 11.8 Å². The molecule has 0 heterocycles. The molecule has 0 saturated carbocycles. The van der Waals surface area contributed by atoms with Crippen LogP contribution in [0.4, 0.5) is 0 Å². The summed E-state index contributed by atoms with van der Waals surface area (Å²) in [7, 11) is 1.55. The quantitative estimate of drug-likeness (QED) is 0.537. The average molecular weight is 209 g/mol. The molecule has 1 unspecified atom stereocenters. The van der Waals surface area contributed by atoms with Crippen molar-refractivity contribution < 1.29 is 13.5 Å². The van der Waals surface area contributed by atoms with Gasteiger partial charge in [0.15, 0.2) is 0 Å². The van der Waals surface area contributed by atoms with Gasteiger partial charge in [0.1, 0.15) is 6.61 Å². The van der Waals surface area contributed by atoms with Crippen LogP contribution in [0.25, 0.3) is 0 Å². The summed E-state index contributed by atoms with van der Waals surface area (Å²) in [5.41, 5.74) is 0.670. The summed E-state index contributed by atoms with van der Waals surface area (Å²) in [5, 5.41) is 0. The molecule has 0 aliphatic rings. The van der Waals surface area contributed by atoms with Crippen molar-refractivity contribution in [3.05, 3.63) is 29.8 Å². The Bertz CT molecular complexity index is 390. The van der Waals surface area contributed by atoms with Gasteiger partial charge in [0.2, 0.25) is 0 Å². The van der Waals surface area contributed by atoms with E-state index in [1.54, 1.807) is 19.2 Å². The van der Waals surface area contributed by atoms with Gasteiger partial charge in [0.05, 0.1) is 0 Å². The fraction of sp³-hybridized carbons (Fsp3) is 0.200. The molecule has 0 spiro atoms. The van der Waals surface area contributed by atoms with Crippen LogP contribution < -0.4 is 0 Å². The number of hydrogen-bond donors (Lipinski definition) is 0. The van der Waals surface area contributed by atoms with Crippen LogP contribution in [0.5, 0.6) is 0 Å². The number of ether oxygens (including phenoxy) is 1. The smallest absolute Gasteiger partial charge is 0.107 e. The Morgan fingerprint density at radius 1 is 1.57 bits per heavy atom. The van der Waals surface area contributed by atoms with Gasteiger partial charge in [-0.15, -0.1) is 0 Å². The summed E-state index contributed by atoms with van der Waals surface area (Å²) in [6, 6.07) is 6.44.